The third kappa shape index (κ3) is 3.02. The lowest BCUT2D eigenvalue weighted by molar-refractivity contribution is -0.126. The van der Waals surface area contributed by atoms with Crippen LogP contribution < -0.4 is 0 Å². The normalized spacial score (nSPS) is 48.8. The molecule has 2 aliphatic carbocycles. The van der Waals surface area contributed by atoms with Crippen LogP contribution in [0.25, 0.3) is 0 Å². The summed E-state index contributed by atoms with van der Waals surface area (Å²) in [5, 5.41) is 10.9. The number of Topliss-reactive ketones (excluding diaryl/α,β-unsaturated/α-hetero) is 1. The van der Waals surface area contributed by atoms with E-state index in [0.29, 0.717) is 6.42 Å². The van der Waals surface area contributed by atoms with Crippen molar-refractivity contribution in [3.63, 3.8) is 0 Å². The SMILES string of the molecule is CC1CC2(C)CC(C)(C/C(O)=C3\C(=O)C4C(C)OCN4C3=O)CC(C)(C1)C2. The van der Waals surface area contributed by atoms with Gasteiger partial charge in [0.1, 0.15) is 24.1 Å². The minimum absolute atomic E-state index is 0.00526. The van der Waals surface area contributed by atoms with Gasteiger partial charge in [0.2, 0.25) is 0 Å². The van der Waals surface area contributed by atoms with Gasteiger partial charge in [-0.15, -0.1) is 0 Å². The number of ether oxygens (including phenoxy) is 1. The molecule has 4 rings (SSSR count). The molecule has 2 bridgehead atoms. The summed E-state index contributed by atoms with van der Waals surface area (Å²) in [5.74, 6) is 0.0943. The number of allylic oxidation sites excluding steroid dienone is 1. The zero-order valence-electron chi connectivity index (χ0n) is 17.3. The van der Waals surface area contributed by atoms with Gasteiger partial charge in [-0.25, -0.2) is 0 Å². The molecule has 2 aliphatic heterocycles. The third-order valence-corrected chi connectivity index (χ3v) is 7.37. The summed E-state index contributed by atoms with van der Waals surface area (Å²) in [7, 11) is 0. The number of nitrogens with zero attached hydrogens (tertiary/aromatic N) is 1. The summed E-state index contributed by atoms with van der Waals surface area (Å²) in [5.41, 5.74) is 0.470. The smallest absolute Gasteiger partial charge is 0.263 e. The Morgan fingerprint density at radius 1 is 1.11 bits per heavy atom. The van der Waals surface area contributed by atoms with Gasteiger partial charge in [0.05, 0.1) is 6.10 Å². The van der Waals surface area contributed by atoms with E-state index in [9.17, 15) is 14.7 Å². The molecule has 2 saturated carbocycles. The van der Waals surface area contributed by atoms with Crippen molar-refractivity contribution < 1.29 is 19.4 Å². The fourth-order valence-electron chi connectivity index (χ4n) is 7.76. The topological polar surface area (TPSA) is 66.8 Å². The Hall–Kier alpha value is -1.36. The van der Waals surface area contributed by atoms with Gasteiger partial charge in [-0.05, 0) is 61.2 Å². The number of aliphatic hydroxyl groups excluding tert-OH is 1. The van der Waals surface area contributed by atoms with Crippen LogP contribution in [0.1, 0.15) is 73.1 Å². The lowest BCUT2D eigenvalue weighted by Gasteiger charge is -2.58. The van der Waals surface area contributed by atoms with E-state index in [0.717, 1.165) is 18.8 Å². The molecule has 2 heterocycles. The number of aliphatic hydroxyl groups is 1. The average Bonchev–Trinajstić information content (AvgIpc) is 2.94. The van der Waals surface area contributed by atoms with Crippen molar-refractivity contribution in [3.05, 3.63) is 11.3 Å². The number of hydrogen-bond donors (Lipinski definition) is 1. The molecule has 0 aromatic heterocycles. The van der Waals surface area contributed by atoms with E-state index in [1.54, 1.807) is 0 Å². The molecule has 4 unspecified atom stereocenters. The first-order chi connectivity index (χ1) is 12.4. The van der Waals surface area contributed by atoms with Crippen molar-refractivity contribution in [2.45, 2.75) is 85.3 Å². The van der Waals surface area contributed by atoms with E-state index in [1.165, 1.54) is 24.2 Å². The second-order valence-electron chi connectivity index (χ2n) is 11.1. The molecule has 1 amide bonds. The zero-order chi connectivity index (χ0) is 19.8. The molecule has 0 spiro atoms. The monoisotopic (exact) mass is 375 g/mol. The molecule has 1 N–H and O–H groups in total. The van der Waals surface area contributed by atoms with Crippen LogP contribution in [0.2, 0.25) is 0 Å². The van der Waals surface area contributed by atoms with Crippen LogP contribution in [0, 0.1) is 22.2 Å². The van der Waals surface area contributed by atoms with Gasteiger partial charge >= 0.3 is 0 Å². The van der Waals surface area contributed by atoms with Crippen LogP contribution >= 0.6 is 0 Å². The van der Waals surface area contributed by atoms with Crippen molar-refractivity contribution in [2.75, 3.05) is 6.73 Å². The summed E-state index contributed by atoms with van der Waals surface area (Å²) >= 11 is 0. The van der Waals surface area contributed by atoms with Gasteiger partial charge in [0.25, 0.3) is 5.91 Å². The van der Waals surface area contributed by atoms with E-state index in [-0.39, 0.29) is 52.1 Å². The molecule has 0 aromatic carbocycles. The maximum atomic E-state index is 12.8. The number of hydrogen-bond acceptors (Lipinski definition) is 4. The van der Waals surface area contributed by atoms with Crippen LogP contribution in [0.15, 0.2) is 11.3 Å². The fourth-order valence-corrected chi connectivity index (χ4v) is 7.76. The molecule has 4 atom stereocenters. The third-order valence-electron chi connectivity index (χ3n) is 7.37. The molecule has 0 radical (unpaired) electrons. The van der Waals surface area contributed by atoms with Gasteiger partial charge in [0.15, 0.2) is 5.78 Å². The molecule has 5 heteroatoms. The molecule has 4 aliphatic rings. The molecule has 0 aromatic rings. The number of carbonyl (C=O) groups excluding carboxylic acids is 2. The number of ketones is 1. The Balaban J connectivity index is 1.61. The Morgan fingerprint density at radius 2 is 1.70 bits per heavy atom. The second-order valence-corrected chi connectivity index (χ2v) is 11.1. The number of fused-ring (bicyclic) bond motifs is 3. The highest BCUT2D eigenvalue weighted by atomic mass is 16.5. The summed E-state index contributed by atoms with van der Waals surface area (Å²) in [6.45, 7) is 11.3. The fraction of sp³-hybridized carbons (Fsp3) is 0.818. The van der Waals surface area contributed by atoms with Crippen LogP contribution in [-0.4, -0.2) is 40.6 Å². The van der Waals surface area contributed by atoms with Crippen molar-refractivity contribution in [2.24, 2.45) is 22.2 Å². The highest BCUT2D eigenvalue weighted by Crippen LogP contribution is 2.63. The van der Waals surface area contributed by atoms with Gasteiger partial charge in [-0.3, -0.25) is 9.59 Å². The van der Waals surface area contributed by atoms with Gasteiger partial charge < -0.3 is 14.7 Å². The van der Waals surface area contributed by atoms with Crippen LogP contribution in [-0.2, 0) is 14.3 Å². The number of amides is 1. The van der Waals surface area contributed by atoms with E-state index < -0.39 is 6.04 Å². The van der Waals surface area contributed by atoms with E-state index in [2.05, 4.69) is 27.7 Å². The molecular formula is C22H33NO4. The lowest BCUT2D eigenvalue weighted by Crippen LogP contribution is -2.47. The first-order valence-electron chi connectivity index (χ1n) is 10.3. The minimum Gasteiger partial charge on any atom is -0.511 e. The van der Waals surface area contributed by atoms with Crippen LogP contribution in [0.3, 0.4) is 0 Å². The summed E-state index contributed by atoms with van der Waals surface area (Å²) in [4.78, 5) is 27.0. The Labute approximate surface area is 162 Å². The standard InChI is InChI=1S/C22H33NO4/c1-13-6-20(3)9-21(4,7-13)11-22(5,10-20)8-15(24)16-18(25)17-14(2)27-12-23(17)19(16)26/h13-14,17,24H,6-12H2,1-5H3/b16-15-. The summed E-state index contributed by atoms with van der Waals surface area (Å²) < 4.78 is 5.43. The maximum Gasteiger partial charge on any atom is 0.263 e. The molecular weight excluding hydrogens is 342 g/mol. The Bertz CT molecular complexity index is 708. The van der Waals surface area contributed by atoms with Gasteiger partial charge in [-0.1, -0.05) is 27.7 Å². The maximum absolute atomic E-state index is 12.8. The Morgan fingerprint density at radius 3 is 2.26 bits per heavy atom. The quantitative estimate of drug-likeness (QED) is 0.450. The number of carbonyl (C=O) groups is 2. The average molecular weight is 376 g/mol. The largest absolute Gasteiger partial charge is 0.511 e. The lowest BCUT2D eigenvalue weighted by atomic mass is 9.47. The highest BCUT2D eigenvalue weighted by Gasteiger charge is 2.55. The predicted octanol–water partition coefficient (Wildman–Crippen LogP) is 3.98. The van der Waals surface area contributed by atoms with Crippen molar-refractivity contribution in [3.8, 4) is 0 Å². The molecule has 27 heavy (non-hydrogen) atoms. The summed E-state index contributed by atoms with van der Waals surface area (Å²) in [6.07, 6.45) is 5.85. The number of rotatable bonds is 2. The van der Waals surface area contributed by atoms with Gasteiger partial charge in [-0.2, -0.15) is 0 Å². The predicted molar refractivity (Wildman–Crippen MR) is 102 cm³/mol. The van der Waals surface area contributed by atoms with E-state index in [4.69, 9.17) is 4.74 Å². The molecule has 2 saturated heterocycles. The van der Waals surface area contributed by atoms with E-state index in [1.807, 2.05) is 6.92 Å². The van der Waals surface area contributed by atoms with Crippen LogP contribution in [0.4, 0.5) is 0 Å². The van der Waals surface area contributed by atoms with E-state index >= 15 is 0 Å². The second kappa shape index (κ2) is 5.82. The van der Waals surface area contributed by atoms with Crippen molar-refractivity contribution in [1.29, 1.82) is 0 Å². The zero-order valence-corrected chi connectivity index (χ0v) is 17.3. The Kier molecular flexibility index (Phi) is 4.09. The van der Waals surface area contributed by atoms with Crippen molar-refractivity contribution >= 4 is 11.7 Å². The van der Waals surface area contributed by atoms with Crippen molar-refractivity contribution in [1.82, 2.24) is 4.90 Å². The summed E-state index contributed by atoms with van der Waals surface area (Å²) in [6, 6.07) is -0.566. The first-order valence-corrected chi connectivity index (χ1v) is 10.3. The highest BCUT2D eigenvalue weighted by molar-refractivity contribution is 6.27. The molecule has 4 fully saturated rings. The molecule has 5 nitrogen and oxygen atoms in total. The van der Waals surface area contributed by atoms with Crippen LogP contribution in [0.5, 0.6) is 0 Å². The molecule has 150 valence electrons. The first kappa shape index (κ1) is 19.0. The van der Waals surface area contributed by atoms with Gasteiger partial charge in [0, 0.05) is 6.42 Å². The minimum atomic E-state index is -0.566.